The third-order valence-corrected chi connectivity index (χ3v) is 8.14. The Balaban J connectivity index is 1.41. The number of benzene rings is 2. The molecule has 2 saturated heterocycles. The van der Waals surface area contributed by atoms with Gasteiger partial charge in [-0.2, -0.15) is 0 Å². The molecular formula is C31H36N4O7. The standard InChI is InChI=1S/C31H36N4O7/c1-20(36)33-10-12-34(13-11-33)30-22(15-24-25(38-2)8-9-27(39-3)29(24)32-30)17-35(18-23-5-4-14-40-23)31(37)21-6-7-26-28(16-21)42-19-41-26/h6-9,15-16,23H,4-5,10-14,17-19H2,1-3H3. The molecule has 0 spiro atoms. The Labute approximate surface area is 244 Å². The van der Waals surface area contributed by atoms with Gasteiger partial charge in [0.2, 0.25) is 12.7 Å². The Bertz CT molecular complexity index is 1480. The van der Waals surface area contributed by atoms with Gasteiger partial charge in [0.1, 0.15) is 22.8 Å². The highest BCUT2D eigenvalue weighted by Crippen LogP contribution is 2.37. The van der Waals surface area contributed by atoms with Gasteiger partial charge in [-0.3, -0.25) is 9.59 Å². The molecule has 0 saturated carbocycles. The van der Waals surface area contributed by atoms with E-state index in [1.165, 1.54) is 0 Å². The zero-order valence-electron chi connectivity index (χ0n) is 24.3. The van der Waals surface area contributed by atoms with Gasteiger partial charge in [-0.05, 0) is 49.2 Å². The molecule has 42 heavy (non-hydrogen) atoms. The maximum absolute atomic E-state index is 14.1. The van der Waals surface area contributed by atoms with E-state index in [-0.39, 0.29) is 24.7 Å². The molecule has 2 fully saturated rings. The van der Waals surface area contributed by atoms with E-state index in [2.05, 4.69) is 4.90 Å². The number of anilines is 1. The summed E-state index contributed by atoms with van der Waals surface area (Å²) in [4.78, 5) is 37.1. The van der Waals surface area contributed by atoms with Crippen molar-refractivity contribution in [3.63, 3.8) is 0 Å². The quantitative estimate of drug-likeness (QED) is 0.399. The molecule has 3 aliphatic heterocycles. The van der Waals surface area contributed by atoms with Crippen molar-refractivity contribution < 1.29 is 33.3 Å². The number of methoxy groups -OCH3 is 2. The van der Waals surface area contributed by atoms with Gasteiger partial charge >= 0.3 is 0 Å². The number of hydrogen-bond acceptors (Lipinski definition) is 9. The Hall–Kier alpha value is -4.25. The van der Waals surface area contributed by atoms with Crippen LogP contribution in [0.1, 0.15) is 35.7 Å². The second-order valence-electron chi connectivity index (χ2n) is 10.7. The molecule has 1 unspecified atom stereocenters. The van der Waals surface area contributed by atoms with Crippen molar-refractivity contribution in [2.24, 2.45) is 0 Å². The third kappa shape index (κ3) is 5.48. The van der Waals surface area contributed by atoms with Crippen molar-refractivity contribution >= 4 is 28.5 Å². The van der Waals surface area contributed by atoms with E-state index >= 15 is 0 Å². The summed E-state index contributed by atoms with van der Waals surface area (Å²) in [6.45, 7) is 5.61. The predicted octanol–water partition coefficient (Wildman–Crippen LogP) is 3.47. The van der Waals surface area contributed by atoms with Gasteiger partial charge in [-0.25, -0.2) is 4.98 Å². The molecule has 0 bridgehead atoms. The second kappa shape index (κ2) is 11.9. The fraction of sp³-hybridized carbons (Fsp3) is 0.452. The van der Waals surface area contributed by atoms with Gasteiger partial charge in [0.05, 0.1) is 20.3 Å². The number of carbonyl (C=O) groups is 2. The third-order valence-electron chi connectivity index (χ3n) is 8.14. The number of pyridine rings is 1. The van der Waals surface area contributed by atoms with E-state index < -0.39 is 0 Å². The summed E-state index contributed by atoms with van der Waals surface area (Å²) in [5.74, 6) is 3.18. The summed E-state index contributed by atoms with van der Waals surface area (Å²) in [5.41, 5.74) is 2.07. The molecule has 0 N–H and O–H groups in total. The summed E-state index contributed by atoms with van der Waals surface area (Å²) in [7, 11) is 3.25. The minimum Gasteiger partial charge on any atom is -0.496 e. The summed E-state index contributed by atoms with van der Waals surface area (Å²) in [6.07, 6.45) is 1.82. The lowest BCUT2D eigenvalue weighted by Crippen LogP contribution is -2.48. The molecule has 0 radical (unpaired) electrons. The van der Waals surface area contributed by atoms with Gasteiger partial charge in [0.15, 0.2) is 11.5 Å². The van der Waals surface area contributed by atoms with Crippen molar-refractivity contribution in [2.45, 2.75) is 32.4 Å². The van der Waals surface area contributed by atoms with Crippen LogP contribution in [0.3, 0.4) is 0 Å². The van der Waals surface area contributed by atoms with Crippen LogP contribution >= 0.6 is 0 Å². The van der Waals surface area contributed by atoms with Gasteiger partial charge in [0, 0.05) is 69.3 Å². The molecule has 11 heteroatoms. The first-order chi connectivity index (χ1) is 20.4. The van der Waals surface area contributed by atoms with Crippen LogP contribution in [0.2, 0.25) is 0 Å². The van der Waals surface area contributed by atoms with Crippen LogP contribution in [0.4, 0.5) is 5.82 Å². The van der Waals surface area contributed by atoms with Crippen molar-refractivity contribution in [3.8, 4) is 23.0 Å². The van der Waals surface area contributed by atoms with E-state index in [4.69, 9.17) is 28.7 Å². The van der Waals surface area contributed by atoms with E-state index in [0.29, 0.717) is 80.0 Å². The van der Waals surface area contributed by atoms with Crippen molar-refractivity contribution in [1.82, 2.24) is 14.8 Å². The Morgan fingerprint density at radius 3 is 2.48 bits per heavy atom. The summed E-state index contributed by atoms with van der Waals surface area (Å²) in [6, 6.07) is 11.0. The zero-order valence-corrected chi connectivity index (χ0v) is 24.3. The molecule has 1 atom stereocenters. The van der Waals surface area contributed by atoms with Crippen LogP contribution in [-0.2, 0) is 16.1 Å². The number of aromatic nitrogens is 1. The summed E-state index contributed by atoms with van der Waals surface area (Å²) in [5, 5.41) is 0.797. The molecular weight excluding hydrogens is 540 g/mol. The van der Waals surface area contributed by atoms with E-state index in [1.807, 2.05) is 28.0 Å². The summed E-state index contributed by atoms with van der Waals surface area (Å²) >= 11 is 0. The Morgan fingerprint density at radius 1 is 1.00 bits per heavy atom. The first-order valence-electron chi connectivity index (χ1n) is 14.3. The summed E-state index contributed by atoms with van der Waals surface area (Å²) < 4.78 is 28.3. The zero-order chi connectivity index (χ0) is 29.2. The van der Waals surface area contributed by atoms with E-state index in [0.717, 1.165) is 29.6 Å². The van der Waals surface area contributed by atoms with Crippen molar-refractivity contribution in [1.29, 1.82) is 0 Å². The average molecular weight is 577 g/mol. The average Bonchev–Trinajstić information content (AvgIpc) is 3.71. The smallest absolute Gasteiger partial charge is 0.254 e. The topological polar surface area (TPSA) is 103 Å². The van der Waals surface area contributed by atoms with Gasteiger partial charge in [-0.1, -0.05) is 0 Å². The van der Waals surface area contributed by atoms with Crippen LogP contribution in [-0.4, -0.2) is 93.0 Å². The largest absolute Gasteiger partial charge is 0.496 e. The monoisotopic (exact) mass is 576 g/mol. The lowest BCUT2D eigenvalue weighted by molar-refractivity contribution is -0.129. The number of piperazine rings is 1. The van der Waals surface area contributed by atoms with E-state index in [9.17, 15) is 9.59 Å². The molecule has 1 aromatic heterocycles. The molecule has 0 aliphatic carbocycles. The number of amides is 2. The number of carbonyl (C=O) groups excluding carboxylic acids is 2. The van der Waals surface area contributed by atoms with Gasteiger partial charge in [0.25, 0.3) is 5.91 Å². The highest BCUT2D eigenvalue weighted by molar-refractivity contribution is 5.96. The second-order valence-corrected chi connectivity index (χ2v) is 10.7. The lowest BCUT2D eigenvalue weighted by Gasteiger charge is -2.36. The Kier molecular flexibility index (Phi) is 7.92. The number of nitrogens with zero attached hydrogens (tertiary/aromatic N) is 4. The molecule has 3 aromatic rings. The molecule has 2 aromatic carbocycles. The van der Waals surface area contributed by atoms with Crippen LogP contribution in [0.25, 0.3) is 10.9 Å². The van der Waals surface area contributed by atoms with Crippen LogP contribution < -0.4 is 23.8 Å². The normalized spacial score (nSPS) is 17.9. The van der Waals surface area contributed by atoms with Gasteiger partial charge in [-0.15, -0.1) is 0 Å². The first-order valence-corrected chi connectivity index (χ1v) is 14.3. The Morgan fingerprint density at radius 2 is 1.76 bits per heavy atom. The van der Waals surface area contributed by atoms with Gasteiger partial charge < -0.3 is 38.4 Å². The van der Waals surface area contributed by atoms with Crippen LogP contribution in [0.15, 0.2) is 36.4 Å². The fourth-order valence-corrected chi connectivity index (χ4v) is 5.88. The maximum Gasteiger partial charge on any atom is 0.254 e. The predicted molar refractivity (Wildman–Crippen MR) is 156 cm³/mol. The number of hydrogen-bond donors (Lipinski definition) is 0. The highest BCUT2D eigenvalue weighted by atomic mass is 16.7. The maximum atomic E-state index is 14.1. The SMILES string of the molecule is COc1ccc(OC)c2nc(N3CCN(C(C)=O)CC3)c(CN(CC3CCCO3)C(=O)c3ccc4c(c3)OCO4)cc12. The number of rotatable bonds is 8. The first kappa shape index (κ1) is 27.9. The lowest BCUT2D eigenvalue weighted by atomic mass is 10.1. The molecule has 6 rings (SSSR count). The molecule has 3 aliphatic rings. The minimum atomic E-state index is -0.131. The number of ether oxygens (including phenoxy) is 5. The molecule has 2 amide bonds. The number of fused-ring (bicyclic) bond motifs is 2. The van der Waals surface area contributed by atoms with Crippen molar-refractivity contribution in [3.05, 3.63) is 47.5 Å². The minimum absolute atomic E-state index is 0.0476. The molecule has 222 valence electrons. The van der Waals surface area contributed by atoms with Crippen LogP contribution in [0, 0.1) is 0 Å². The fourth-order valence-electron chi connectivity index (χ4n) is 5.88. The van der Waals surface area contributed by atoms with Crippen molar-refractivity contribution in [2.75, 3.05) is 65.2 Å². The molecule has 4 heterocycles. The van der Waals surface area contributed by atoms with Crippen LogP contribution in [0.5, 0.6) is 23.0 Å². The van der Waals surface area contributed by atoms with E-state index in [1.54, 1.807) is 39.3 Å². The highest BCUT2D eigenvalue weighted by Gasteiger charge is 2.29. The molecule has 11 nitrogen and oxygen atoms in total.